The van der Waals surface area contributed by atoms with Crippen LogP contribution >= 0.6 is 0 Å². The number of fused-ring (bicyclic) bond motifs is 1. The average molecular weight is 354 g/mol. The molecule has 7 nitrogen and oxygen atoms in total. The molecule has 1 heterocycles. The fraction of sp³-hybridized carbons (Fsp3) is 0.211. The van der Waals surface area contributed by atoms with Crippen LogP contribution in [0.5, 0.6) is 11.5 Å². The number of carbonyl (C=O) groups excluding carboxylic acids is 3. The molecule has 1 aliphatic heterocycles. The zero-order chi connectivity index (χ0) is 18.7. The number of hydrogen-bond donors (Lipinski definition) is 1. The molecule has 2 aromatic carbocycles. The van der Waals surface area contributed by atoms with Crippen LogP contribution in [0.1, 0.15) is 31.1 Å². The molecule has 0 unspecified atom stereocenters. The van der Waals surface area contributed by atoms with Gasteiger partial charge < -0.3 is 14.8 Å². The van der Waals surface area contributed by atoms with Crippen LogP contribution in [0.25, 0.3) is 0 Å². The molecule has 0 bridgehead atoms. The lowest BCUT2D eigenvalue weighted by Crippen LogP contribution is -2.38. The van der Waals surface area contributed by atoms with E-state index in [1.165, 1.54) is 14.2 Å². The molecule has 7 heteroatoms. The Kier molecular flexibility index (Phi) is 4.88. The number of amides is 3. The van der Waals surface area contributed by atoms with Crippen LogP contribution in [0.4, 0.5) is 0 Å². The van der Waals surface area contributed by atoms with Crippen molar-refractivity contribution in [1.29, 1.82) is 0 Å². The summed E-state index contributed by atoms with van der Waals surface area (Å²) in [7, 11) is 3.00. The van der Waals surface area contributed by atoms with Crippen LogP contribution in [-0.2, 0) is 0 Å². The number of benzene rings is 2. The van der Waals surface area contributed by atoms with Gasteiger partial charge in [0.05, 0.1) is 25.3 Å². The Balaban J connectivity index is 1.61. The number of hydrogen-bond acceptors (Lipinski definition) is 5. The Morgan fingerprint density at radius 3 is 2.15 bits per heavy atom. The maximum Gasteiger partial charge on any atom is 0.261 e. The fourth-order valence-electron chi connectivity index (χ4n) is 2.80. The highest BCUT2D eigenvalue weighted by molar-refractivity contribution is 6.21. The van der Waals surface area contributed by atoms with Gasteiger partial charge in [0.1, 0.15) is 0 Å². The highest BCUT2D eigenvalue weighted by Gasteiger charge is 2.34. The van der Waals surface area contributed by atoms with Crippen LogP contribution in [0, 0.1) is 0 Å². The highest BCUT2D eigenvalue weighted by Crippen LogP contribution is 2.27. The van der Waals surface area contributed by atoms with Gasteiger partial charge in [-0.05, 0) is 30.3 Å². The van der Waals surface area contributed by atoms with Gasteiger partial charge in [0.2, 0.25) is 0 Å². The van der Waals surface area contributed by atoms with Crippen LogP contribution in [0.15, 0.2) is 42.5 Å². The molecule has 0 spiro atoms. The first kappa shape index (κ1) is 17.5. The number of imide groups is 1. The van der Waals surface area contributed by atoms with Crippen LogP contribution in [0.2, 0.25) is 0 Å². The van der Waals surface area contributed by atoms with Gasteiger partial charge in [0.25, 0.3) is 17.7 Å². The lowest BCUT2D eigenvalue weighted by atomic mass is 10.1. The first-order valence-corrected chi connectivity index (χ1v) is 8.02. The van der Waals surface area contributed by atoms with Crippen LogP contribution < -0.4 is 14.8 Å². The maximum absolute atomic E-state index is 12.3. The summed E-state index contributed by atoms with van der Waals surface area (Å²) < 4.78 is 10.3. The van der Waals surface area contributed by atoms with E-state index in [2.05, 4.69) is 5.32 Å². The summed E-state index contributed by atoms with van der Waals surface area (Å²) in [4.78, 5) is 37.9. The third kappa shape index (κ3) is 3.11. The second-order valence-electron chi connectivity index (χ2n) is 5.63. The van der Waals surface area contributed by atoms with Crippen molar-refractivity contribution in [2.24, 2.45) is 0 Å². The van der Waals surface area contributed by atoms with Crippen molar-refractivity contribution in [3.63, 3.8) is 0 Å². The van der Waals surface area contributed by atoms with Gasteiger partial charge >= 0.3 is 0 Å². The minimum Gasteiger partial charge on any atom is -0.493 e. The van der Waals surface area contributed by atoms with Gasteiger partial charge in [-0.2, -0.15) is 0 Å². The Labute approximate surface area is 150 Å². The van der Waals surface area contributed by atoms with E-state index in [-0.39, 0.29) is 30.8 Å². The second kappa shape index (κ2) is 7.26. The monoisotopic (exact) mass is 354 g/mol. The predicted molar refractivity (Wildman–Crippen MR) is 93.7 cm³/mol. The van der Waals surface area contributed by atoms with Gasteiger partial charge in [-0.1, -0.05) is 12.1 Å². The Hall–Kier alpha value is -3.35. The van der Waals surface area contributed by atoms with Crippen molar-refractivity contribution >= 4 is 17.7 Å². The largest absolute Gasteiger partial charge is 0.493 e. The first-order valence-electron chi connectivity index (χ1n) is 8.02. The van der Waals surface area contributed by atoms with E-state index in [4.69, 9.17) is 9.47 Å². The summed E-state index contributed by atoms with van der Waals surface area (Å²) in [5, 5.41) is 2.70. The molecule has 1 aliphatic rings. The van der Waals surface area contributed by atoms with Crippen molar-refractivity contribution in [3.8, 4) is 11.5 Å². The molecule has 2 aromatic rings. The Morgan fingerprint density at radius 2 is 1.58 bits per heavy atom. The Bertz CT molecular complexity index is 843. The molecule has 1 N–H and O–H groups in total. The summed E-state index contributed by atoms with van der Waals surface area (Å²) in [5.74, 6) is -0.0462. The van der Waals surface area contributed by atoms with Crippen molar-refractivity contribution < 1.29 is 23.9 Å². The number of ether oxygens (including phenoxy) is 2. The SMILES string of the molecule is COc1ccc(C(=O)NCCN2C(=O)c3ccccc3C2=O)cc1OC. The molecule has 0 saturated carbocycles. The molecule has 3 amide bonds. The van der Waals surface area contributed by atoms with Crippen molar-refractivity contribution in [3.05, 3.63) is 59.2 Å². The molecule has 0 fully saturated rings. The van der Waals surface area contributed by atoms with E-state index >= 15 is 0 Å². The zero-order valence-electron chi connectivity index (χ0n) is 14.4. The van der Waals surface area contributed by atoms with E-state index in [0.29, 0.717) is 28.2 Å². The van der Waals surface area contributed by atoms with Crippen LogP contribution in [-0.4, -0.2) is 49.9 Å². The summed E-state index contributed by atoms with van der Waals surface area (Å²) in [6.45, 7) is 0.254. The number of nitrogens with zero attached hydrogens (tertiary/aromatic N) is 1. The minimum atomic E-state index is -0.342. The molecule has 134 valence electrons. The summed E-state index contributed by atoms with van der Waals surface area (Å²) >= 11 is 0. The Morgan fingerprint density at radius 1 is 0.962 bits per heavy atom. The van der Waals surface area contributed by atoms with E-state index < -0.39 is 0 Å². The summed E-state index contributed by atoms with van der Waals surface area (Å²) in [5.41, 5.74) is 1.18. The number of carbonyl (C=O) groups is 3. The van der Waals surface area contributed by atoms with Gasteiger partial charge in [-0.25, -0.2) is 0 Å². The third-order valence-corrected chi connectivity index (χ3v) is 4.14. The number of rotatable bonds is 6. The van der Waals surface area contributed by atoms with Gasteiger partial charge in [0, 0.05) is 18.7 Å². The smallest absolute Gasteiger partial charge is 0.261 e. The molecule has 0 aromatic heterocycles. The number of nitrogens with one attached hydrogen (secondary N) is 1. The van der Waals surface area contributed by atoms with Crippen molar-refractivity contribution in [2.75, 3.05) is 27.3 Å². The summed E-state index contributed by atoms with van der Waals surface area (Å²) in [6.07, 6.45) is 0. The highest BCUT2D eigenvalue weighted by atomic mass is 16.5. The van der Waals surface area contributed by atoms with Gasteiger partial charge in [0.15, 0.2) is 11.5 Å². The molecule has 0 saturated heterocycles. The average Bonchev–Trinajstić information content (AvgIpc) is 2.92. The lowest BCUT2D eigenvalue weighted by Gasteiger charge is -2.14. The maximum atomic E-state index is 12.3. The van der Waals surface area contributed by atoms with E-state index in [0.717, 1.165) is 4.90 Å². The predicted octanol–water partition coefficient (Wildman–Crippen LogP) is 1.73. The van der Waals surface area contributed by atoms with E-state index in [1.54, 1.807) is 42.5 Å². The molecule has 3 rings (SSSR count). The topological polar surface area (TPSA) is 84.9 Å². The fourth-order valence-corrected chi connectivity index (χ4v) is 2.80. The van der Waals surface area contributed by atoms with Crippen molar-refractivity contribution in [2.45, 2.75) is 0 Å². The molecule has 0 radical (unpaired) electrons. The zero-order valence-corrected chi connectivity index (χ0v) is 14.4. The quantitative estimate of drug-likeness (QED) is 0.799. The molecule has 26 heavy (non-hydrogen) atoms. The lowest BCUT2D eigenvalue weighted by molar-refractivity contribution is 0.0650. The van der Waals surface area contributed by atoms with Crippen molar-refractivity contribution in [1.82, 2.24) is 10.2 Å². The normalized spacial score (nSPS) is 12.8. The van der Waals surface area contributed by atoms with Gasteiger partial charge in [-0.15, -0.1) is 0 Å². The van der Waals surface area contributed by atoms with Crippen LogP contribution in [0.3, 0.4) is 0 Å². The second-order valence-corrected chi connectivity index (χ2v) is 5.63. The van der Waals surface area contributed by atoms with E-state index in [9.17, 15) is 14.4 Å². The molecule has 0 aliphatic carbocycles. The third-order valence-electron chi connectivity index (χ3n) is 4.14. The molecular weight excluding hydrogens is 336 g/mol. The first-order chi connectivity index (χ1) is 12.6. The van der Waals surface area contributed by atoms with Gasteiger partial charge in [-0.3, -0.25) is 19.3 Å². The molecular formula is C19H18N2O5. The minimum absolute atomic E-state index is 0.103. The standard InChI is InChI=1S/C19H18N2O5/c1-25-15-8-7-12(11-16(15)26-2)17(22)20-9-10-21-18(23)13-5-3-4-6-14(13)19(21)24/h3-8,11H,9-10H2,1-2H3,(H,20,22). The van der Waals surface area contributed by atoms with E-state index in [1.807, 2.05) is 0 Å². The number of methoxy groups -OCH3 is 2. The molecule has 0 atom stereocenters. The summed E-state index contributed by atoms with van der Waals surface area (Å²) in [6, 6.07) is 11.5.